The van der Waals surface area contributed by atoms with Gasteiger partial charge in [-0.1, -0.05) is 5.92 Å². The normalized spacial score (nSPS) is 31.8. The van der Waals surface area contributed by atoms with Crippen molar-refractivity contribution in [1.29, 1.82) is 0 Å². The fraction of sp³-hybridized carbons (Fsp3) is 0.455. The maximum absolute atomic E-state index is 13.4. The number of aliphatic hydroxyl groups is 2. The molecule has 1 unspecified atom stereocenters. The van der Waals surface area contributed by atoms with E-state index in [1.165, 1.54) is 0 Å². The van der Waals surface area contributed by atoms with Crippen molar-refractivity contribution in [1.82, 2.24) is 9.55 Å². The molecular weight excluding hydrogens is 309 g/mol. The van der Waals surface area contributed by atoms with E-state index in [9.17, 15) is 19.1 Å². The van der Waals surface area contributed by atoms with Crippen molar-refractivity contribution in [3.8, 4) is 11.3 Å². The molecule has 2 heterocycles. The van der Waals surface area contributed by atoms with E-state index in [1.54, 1.807) is 4.98 Å². The van der Waals surface area contributed by atoms with Crippen molar-refractivity contribution in [2.75, 3.05) is 6.61 Å². The molecule has 8 nitrogen and oxygen atoms in total. The molecule has 1 aliphatic rings. The molecular formula is C11H11ClFN3O5. The van der Waals surface area contributed by atoms with E-state index < -0.39 is 47.6 Å². The number of nitrogens with one attached hydrogen (secondary N) is 1. The lowest BCUT2D eigenvalue weighted by Crippen LogP contribution is -2.55. The second kappa shape index (κ2) is 5.59. The summed E-state index contributed by atoms with van der Waals surface area (Å²) in [7, 11) is 0. The molecule has 0 spiro atoms. The van der Waals surface area contributed by atoms with Crippen LogP contribution in [0, 0.1) is 17.1 Å². The Hall–Kier alpha value is -1.70. The number of aliphatic hydroxyl groups excluding tert-OH is 2. The zero-order valence-corrected chi connectivity index (χ0v) is 11.2. The molecule has 114 valence electrons. The first-order chi connectivity index (χ1) is 9.85. The largest absolute Gasteiger partial charge is 0.394 e. The molecule has 0 amide bonds. The number of hydrogen-bond donors (Lipinski definition) is 4. The van der Waals surface area contributed by atoms with E-state index in [-0.39, 0.29) is 0 Å². The van der Waals surface area contributed by atoms with Gasteiger partial charge in [0.1, 0.15) is 12.2 Å². The first-order valence-electron chi connectivity index (χ1n) is 5.72. The number of rotatable bonds is 2. The topological polar surface area (TPSA) is 131 Å². The molecule has 10 heteroatoms. The third-order valence-corrected chi connectivity index (χ3v) is 3.27. The van der Waals surface area contributed by atoms with E-state index in [1.807, 2.05) is 5.38 Å². The minimum absolute atomic E-state index is 0.579. The van der Waals surface area contributed by atoms with Gasteiger partial charge in [0.05, 0.1) is 12.8 Å². The highest BCUT2D eigenvalue weighted by molar-refractivity contribution is 6.30. The highest BCUT2D eigenvalue weighted by Gasteiger charge is 2.54. The van der Waals surface area contributed by atoms with E-state index in [2.05, 4.69) is 5.92 Å². The van der Waals surface area contributed by atoms with Crippen LogP contribution in [-0.2, 0) is 4.74 Å². The molecule has 4 atom stereocenters. The predicted molar refractivity (Wildman–Crippen MR) is 68.8 cm³/mol. The first-order valence-corrected chi connectivity index (χ1v) is 6.10. The van der Waals surface area contributed by atoms with Gasteiger partial charge in [-0.25, -0.2) is 4.79 Å². The maximum atomic E-state index is 13.4. The Morgan fingerprint density at radius 1 is 1.62 bits per heavy atom. The number of nitrogens with two attached hydrogens (primary N) is 1. The van der Waals surface area contributed by atoms with Gasteiger partial charge in [-0.05, 0) is 11.6 Å². The van der Waals surface area contributed by atoms with Crippen LogP contribution in [-0.4, -0.2) is 44.1 Å². The first kappa shape index (κ1) is 15.7. The van der Waals surface area contributed by atoms with Gasteiger partial charge in [-0.2, -0.15) is 4.39 Å². The molecule has 0 radical (unpaired) electrons. The monoisotopic (exact) mass is 319 g/mol. The van der Waals surface area contributed by atoms with Gasteiger partial charge in [0.2, 0.25) is 5.82 Å². The smallest absolute Gasteiger partial charge is 0.330 e. The van der Waals surface area contributed by atoms with Crippen LogP contribution in [0.25, 0.3) is 0 Å². The third-order valence-electron chi connectivity index (χ3n) is 3.17. The van der Waals surface area contributed by atoms with E-state index in [0.717, 1.165) is 0 Å². The Kier molecular flexibility index (Phi) is 4.18. The molecule has 1 aromatic heterocycles. The van der Waals surface area contributed by atoms with Crippen molar-refractivity contribution in [2.24, 2.45) is 5.73 Å². The van der Waals surface area contributed by atoms with Crippen LogP contribution >= 0.6 is 11.6 Å². The quantitative estimate of drug-likeness (QED) is 0.459. The number of nitrogens with zero attached hydrogens (tertiary/aromatic N) is 1. The molecule has 1 saturated heterocycles. The summed E-state index contributed by atoms with van der Waals surface area (Å²) in [6.07, 6.45) is -3.51. The number of ether oxygens (including phenoxy) is 1. The fourth-order valence-corrected chi connectivity index (χ4v) is 2.26. The minimum Gasteiger partial charge on any atom is -0.394 e. The molecule has 0 saturated carbocycles. The summed E-state index contributed by atoms with van der Waals surface area (Å²) in [5.74, 6) is 1.03. The van der Waals surface area contributed by atoms with E-state index in [0.29, 0.717) is 10.8 Å². The van der Waals surface area contributed by atoms with Gasteiger partial charge in [-0.3, -0.25) is 14.3 Å². The fourth-order valence-electron chi connectivity index (χ4n) is 2.10. The number of halogens is 2. The van der Waals surface area contributed by atoms with Crippen LogP contribution in [0.5, 0.6) is 0 Å². The standard InChI is InChI=1S/C11H11ClFN3O5/c12-2-1-11(14)7(18)6(4-17)21-9(11)16-3-5(13)8(19)15-10(16)20/h3,6-7,9,17-18H,4,14H2,(H,15,19,20)/t6-,7+,9-,11?/m1/s1. The molecule has 1 fully saturated rings. The average Bonchev–Trinajstić information content (AvgIpc) is 2.67. The van der Waals surface area contributed by atoms with Crippen molar-refractivity contribution in [2.45, 2.75) is 24.0 Å². The summed E-state index contributed by atoms with van der Waals surface area (Å²) >= 11 is 5.29. The summed E-state index contributed by atoms with van der Waals surface area (Å²) in [5, 5.41) is 21.1. The Bertz CT molecular complexity index is 723. The van der Waals surface area contributed by atoms with E-state index >= 15 is 0 Å². The molecule has 21 heavy (non-hydrogen) atoms. The van der Waals surface area contributed by atoms with Crippen molar-refractivity contribution in [3.05, 3.63) is 32.9 Å². The molecule has 1 aliphatic heterocycles. The molecule has 1 aromatic rings. The number of aromatic nitrogens is 2. The van der Waals surface area contributed by atoms with Gasteiger partial charge in [0, 0.05) is 5.38 Å². The molecule has 5 N–H and O–H groups in total. The Labute approximate surface area is 121 Å². The van der Waals surface area contributed by atoms with Gasteiger partial charge in [0.15, 0.2) is 11.8 Å². The summed E-state index contributed by atoms with van der Waals surface area (Å²) < 4.78 is 19.2. The summed E-state index contributed by atoms with van der Waals surface area (Å²) in [4.78, 5) is 24.5. The minimum atomic E-state index is -1.87. The lowest BCUT2D eigenvalue weighted by Gasteiger charge is -2.27. The van der Waals surface area contributed by atoms with Gasteiger partial charge in [-0.15, -0.1) is 0 Å². The highest BCUT2D eigenvalue weighted by atomic mass is 35.5. The summed E-state index contributed by atoms with van der Waals surface area (Å²) in [5.41, 5.74) is 1.80. The van der Waals surface area contributed by atoms with Gasteiger partial charge >= 0.3 is 5.69 Å². The van der Waals surface area contributed by atoms with Crippen LogP contribution in [0.3, 0.4) is 0 Å². The number of H-pyrrole nitrogens is 1. The summed E-state index contributed by atoms with van der Waals surface area (Å²) in [6.45, 7) is -0.610. The van der Waals surface area contributed by atoms with E-state index in [4.69, 9.17) is 27.2 Å². The van der Waals surface area contributed by atoms with Crippen LogP contribution in [0.2, 0.25) is 0 Å². The second-order valence-electron chi connectivity index (χ2n) is 4.45. The zero-order chi connectivity index (χ0) is 15.8. The highest BCUT2D eigenvalue weighted by Crippen LogP contribution is 2.35. The van der Waals surface area contributed by atoms with Crippen molar-refractivity contribution < 1.29 is 19.3 Å². The molecule has 0 aromatic carbocycles. The number of aromatic amines is 1. The Balaban J connectivity index is 2.60. The Morgan fingerprint density at radius 2 is 2.29 bits per heavy atom. The van der Waals surface area contributed by atoms with Crippen LogP contribution in [0.15, 0.2) is 15.8 Å². The van der Waals surface area contributed by atoms with Crippen LogP contribution in [0.1, 0.15) is 6.23 Å². The lowest BCUT2D eigenvalue weighted by molar-refractivity contribution is -0.0480. The third kappa shape index (κ3) is 2.48. The number of hydrogen-bond acceptors (Lipinski definition) is 6. The van der Waals surface area contributed by atoms with Crippen molar-refractivity contribution >= 4 is 11.6 Å². The maximum Gasteiger partial charge on any atom is 0.330 e. The molecule has 0 aliphatic carbocycles. The lowest BCUT2D eigenvalue weighted by atomic mass is 9.92. The van der Waals surface area contributed by atoms with Crippen LogP contribution < -0.4 is 17.0 Å². The van der Waals surface area contributed by atoms with Gasteiger partial charge in [0.25, 0.3) is 5.56 Å². The molecule has 2 rings (SSSR count). The van der Waals surface area contributed by atoms with Crippen molar-refractivity contribution in [3.63, 3.8) is 0 Å². The molecule has 0 bridgehead atoms. The Morgan fingerprint density at radius 3 is 2.86 bits per heavy atom. The second-order valence-corrected chi connectivity index (χ2v) is 4.64. The predicted octanol–water partition coefficient (Wildman–Crippen LogP) is -2.18. The van der Waals surface area contributed by atoms with Crippen LogP contribution in [0.4, 0.5) is 4.39 Å². The van der Waals surface area contributed by atoms with Gasteiger partial charge < -0.3 is 20.7 Å². The zero-order valence-electron chi connectivity index (χ0n) is 10.4. The SMILES string of the molecule is NC1(C#CCl)[C@@H](O)[C@@H](CO)O[C@H]1n1cc(F)c(=O)[nH]c1=O. The average molecular weight is 320 g/mol. The summed E-state index contributed by atoms with van der Waals surface area (Å²) in [6, 6.07) is 0.